The van der Waals surface area contributed by atoms with Gasteiger partial charge in [0.25, 0.3) is 5.91 Å². The molecule has 206 valence electrons. The van der Waals surface area contributed by atoms with Gasteiger partial charge >= 0.3 is 5.97 Å². The summed E-state index contributed by atoms with van der Waals surface area (Å²) in [6.45, 7) is 4.41. The van der Waals surface area contributed by atoms with E-state index in [2.05, 4.69) is 41.2 Å². The van der Waals surface area contributed by atoms with Crippen LogP contribution in [0.4, 0.5) is 0 Å². The van der Waals surface area contributed by atoms with Crippen LogP contribution in [0.2, 0.25) is 0 Å². The number of aliphatic hydroxyl groups excluding tert-OH is 1. The minimum atomic E-state index is -1.13. The first kappa shape index (κ1) is 28.3. The van der Waals surface area contributed by atoms with Crippen LogP contribution in [-0.4, -0.2) is 43.8 Å². The van der Waals surface area contributed by atoms with E-state index in [1.165, 1.54) is 11.3 Å². The Morgan fingerprint density at radius 2 is 1.97 bits per heavy atom. The Hall–Kier alpha value is -2.71. The Kier molecular flexibility index (Phi) is 9.97. The number of aliphatic carboxylic acids is 1. The summed E-state index contributed by atoms with van der Waals surface area (Å²) in [5.41, 5.74) is 2.29. The molecule has 1 saturated carbocycles. The largest absolute Gasteiger partial charge is 0.481 e. The number of thiophene rings is 1. The number of hydrogen-bond acceptors (Lipinski definition) is 5. The molecule has 38 heavy (non-hydrogen) atoms. The van der Waals surface area contributed by atoms with Gasteiger partial charge < -0.3 is 20.1 Å². The SMILES string of the molecule is CCCC(CC)n1c(Cc2cccs2)nc2cc(C(=O)NC(CC3CCCCC3)C(O)CC(=O)O)ccc21. The summed E-state index contributed by atoms with van der Waals surface area (Å²) in [5, 5.41) is 25.0. The number of rotatable bonds is 13. The van der Waals surface area contributed by atoms with E-state index in [0.717, 1.165) is 68.2 Å². The molecule has 1 amide bonds. The van der Waals surface area contributed by atoms with Crippen molar-refractivity contribution in [1.82, 2.24) is 14.9 Å². The predicted molar refractivity (Wildman–Crippen MR) is 152 cm³/mol. The van der Waals surface area contributed by atoms with E-state index in [9.17, 15) is 19.8 Å². The van der Waals surface area contributed by atoms with Gasteiger partial charge in [-0.2, -0.15) is 0 Å². The highest BCUT2D eigenvalue weighted by Gasteiger charge is 2.28. The topological polar surface area (TPSA) is 104 Å². The van der Waals surface area contributed by atoms with Crippen LogP contribution in [-0.2, 0) is 11.2 Å². The smallest absolute Gasteiger partial charge is 0.306 e. The van der Waals surface area contributed by atoms with Gasteiger partial charge in [0.05, 0.1) is 29.6 Å². The van der Waals surface area contributed by atoms with Crippen molar-refractivity contribution in [3.63, 3.8) is 0 Å². The summed E-state index contributed by atoms with van der Waals surface area (Å²) in [5.74, 6) is 0.0303. The number of aromatic nitrogens is 2. The zero-order valence-electron chi connectivity index (χ0n) is 22.6. The summed E-state index contributed by atoms with van der Waals surface area (Å²) >= 11 is 1.72. The van der Waals surface area contributed by atoms with Gasteiger partial charge in [-0.25, -0.2) is 4.98 Å². The highest BCUT2D eigenvalue weighted by molar-refractivity contribution is 7.09. The van der Waals surface area contributed by atoms with Crippen molar-refractivity contribution in [2.24, 2.45) is 5.92 Å². The van der Waals surface area contributed by atoms with Crippen LogP contribution in [0.1, 0.15) is 105 Å². The first-order chi connectivity index (χ1) is 18.4. The molecule has 0 aliphatic heterocycles. The number of nitrogens with one attached hydrogen (secondary N) is 1. The molecule has 2 heterocycles. The van der Waals surface area contributed by atoms with Crippen LogP contribution >= 0.6 is 11.3 Å². The lowest BCUT2D eigenvalue weighted by Gasteiger charge is -2.29. The number of carbonyl (C=O) groups is 2. The van der Waals surface area contributed by atoms with E-state index in [-0.39, 0.29) is 12.3 Å². The number of carbonyl (C=O) groups excluding carboxylic acids is 1. The Balaban J connectivity index is 1.60. The number of aliphatic hydroxyl groups is 1. The summed E-state index contributed by atoms with van der Waals surface area (Å²) in [7, 11) is 0. The van der Waals surface area contributed by atoms with Crippen molar-refractivity contribution >= 4 is 34.2 Å². The molecule has 3 N–H and O–H groups in total. The van der Waals surface area contributed by atoms with Gasteiger partial charge in [0.2, 0.25) is 0 Å². The Morgan fingerprint density at radius 3 is 2.63 bits per heavy atom. The second kappa shape index (κ2) is 13.4. The van der Waals surface area contributed by atoms with Crippen LogP contribution in [0.3, 0.4) is 0 Å². The zero-order chi connectivity index (χ0) is 27.1. The van der Waals surface area contributed by atoms with Gasteiger partial charge in [0, 0.05) is 22.9 Å². The van der Waals surface area contributed by atoms with Gasteiger partial charge in [-0.15, -0.1) is 11.3 Å². The molecule has 3 unspecified atom stereocenters. The van der Waals surface area contributed by atoms with E-state index in [4.69, 9.17) is 4.98 Å². The minimum absolute atomic E-state index is 0.299. The highest BCUT2D eigenvalue weighted by atomic mass is 32.1. The lowest BCUT2D eigenvalue weighted by atomic mass is 9.83. The lowest BCUT2D eigenvalue weighted by molar-refractivity contribution is -0.139. The first-order valence-corrected chi connectivity index (χ1v) is 15.0. The van der Waals surface area contributed by atoms with Crippen molar-refractivity contribution in [3.05, 3.63) is 52.0 Å². The molecule has 2 aromatic heterocycles. The maximum absolute atomic E-state index is 13.4. The molecule has 0 spiro atoms. The molecule has 3 atom stereocenters. The Morgan fingerprint density at radius 1 is 1.18 bits per heavy atom. The fourth-order valence-corrected chi connectivity index (χ4v) is 6.61. The molecule has 4 rings (SSSR count). The second-order valence-electron chi connectivity index (χ2n) is 10.7. The van der Waals surface area contributed by atoms with Gasteiger partial charge in [0.15, 0.2) is 0 Å². The molecular formula is C30H41N3O4S. The number of fused-ring (bicyclic) bond motifs is 1. The Bertz CT molecular complexity index is 1200. The van der Waals surface area contributed by atoms with Crippen LogP contribution in [0.25, 0.3) is 11.0 Å². The van der Waals surface area contributed by atoms with Crippen molar-refractivity contribution in [1.29, 1.82) is 0 Å². The molecule has 1 aromatic carbocycles. The maximum Gasteiger partial charge on any atom is 0.306 e. The number of hydrogen-bond donors (Lipinski definition) is 3. The standard InChI is InChI=1S/C30H41N3O4S/c1-3-9-22(4-2)33-26-14-13-21(17-24(26)31-28(33)18-23-12-8-15-38-23)30(37)32-25(27(34)19-29(35)36)16-20-10-6-5-7-11-20/h8,12-15,17,20,22,25,27,34H,3-7,9-11,16,18-19H2,1-2H3,(H,32,37)(H,35,36). The molecule has 0 saturated heterocycles. The van der Waals surface area contributed by atoms with Crippen LogP contribution in [0.5, 0.6) is 0 Å². The quantitative estimate of drug-likeness (QED) is 0.235. The van der Waals surface area contributed by atoms with E-state index in [0.29, 0.717) is 23.9 Å². The molecular weight excluding hydrogens is 498 g/mol. The summed E-state index contributed by atoms with van der Waals surface area (Å²) in [6, 6.07) is 9.56. The summed E-state index contributed by atoms with van der Waals surface area (Å²) in [4.78, 5) is 30.9. The fourth-order valence-electron chi connectivity index (χ4n) is 5.91. The molecule has 8 heteroatoms. The van der Waals surface area contributed by atoms with Crippen LogP contribution in [0.15, 0.2) is 35.7 Å². The van der Waals surface area contributed by atoms with Crippen LogP contribution < -0.4 is 5.32 Å². The Labute approximate surface area is 229 Å². The number of nitrogens with zero attached hydrogens (tertiary/aromatic N) is 2. The predicted octanol–water partition coefficient (Wildman–Crippen LogP) is 6.34. The van der Waals surface area contributed by atoms with E-state index < -0.39 is 18.1 Å². The number of carboxylic acid groups (broad SMARTS) is 1. The van der Waals surface area contributed by atoms with Gasteiger partial charge in [-0.05, 0) is 54.8 Å². The fraction of sp³-hybridized carbons (Fsp3) is 0.567. The number of amides is 1. The lowest BCUT2D eigenvalue weighted by Crippen LogP contribution is -2.45. The second-order valence-corrected chi connectivity index (χ2v) is 11.7. The third-order valence-electron chi connectivity index (χ3n) is 7.87. The molecule has 0 bridgehead atoms. The first-order valence-electron chi connectivity index (χ1n) is 14.1. The van der Waals surface area contributed by atoms with E-state index in [1.54, 1.807) is 11.3 Å². The molecule has 1 fully saturated rings. The van der Waals surface area contributed by atoms with Crippen molar-refractivity contribution < 1.29 is 19.8 Å². The number of benzene rings is 1. The third-order valence-corrected chi connectivity index (χ3v) is 8.75. The van der Waals surface area contributed by atoms with Crippen molar-refractivity contribution in [2.75, 3.05) is 0 Å². The van der Waals surface area contributed by atoms with Gasteiger partial charge in [0.1, 0.15) is 5.82 Å². The summed E-state index contributed by atoms with van der Waals surface area (Å²) in [6.07, 6.45) is 8.58. The third kappa shape index (κ3) is 7.03. The zero-order valence-corrected chi connectivity index (χ0v) is 23.4. The average molecular weight is 540 g/mol. The average Bonchev–Trinajstić information content (AvgIpc) is 3.54. The maximum atomic E-state index is 13.4. The molecule has 7 nitrogen and oxygen atoms in total. The summed E-state index contributed by atoms with van der Waals surface area (Å²) < 4.78 is 2.35. The van der Waals surface area contributed by atoms with Crippen molar-refractivity contribution in [2.45, 2.75) is 103 Å². The highest BCUT2D eigenvalue weighted by Crippen LogP contribution is 2.30. The minimum Gasteiger partial charge on any atom is -0.481 e. The van der Waals surface area contributed by atoms with E-state index >= 15 is 0 Å². The normalized spacial score (nSPS) is 16.8. The van der Waals surface area contributed by atoms with E-state index in [1.807, 2.05) is 18.2 Å². The molecule has 3 aromatic rings. The monoisotopic (exact) mass is 539 g/mol. The number of imidazole rings is 1. The van der Waals surface area contributed by atoms with Gasteiger partial charge in [-0.3, -0.25) is 9.59 Å². The number of carboxylic acids is 1. The molecule has 1 aliphatic carbocycles. The van der Waals surface area contributed by atoms with Crippen molar-refractivity contribution in [3.8, 4) is 0 Å². The van der Waals surface area contributed by atoms with Gasteiger partial charge in [-0.1, -0.05) is 58.4 Å². The molecule has 0 radical (unpaired) electrons. The van der Waals surface area contributed by atoms with Crippen LogP contribution in [0, 0.1) is 5.92 Å². The molecule has 1 aliphatic rings.